The molecule has 0 spiro atoms. The topological polar surface area (TPSA) is 0 Å². The Kier molecular flexibility index (Phi) is 8.86. The Bertz CT molecular complexity index is 3180. The minimum Gasteiger partial charge on any atom is -0.0616 e. The number of rotatable bonds is 2. The van der Waals surface area contributed by atoms with E-state index >= 15 is 0 Å². The van der Waals surface area contributed by atoms with Gasteiger partial charge in [0, 0.05) is 22.3 Å². The van der Waals surface area contributed by atoms with Crippen molar-refractivity contribution in [1.82, 2.24) is 0 Å². The molecule has 0 amide bonds. The van der Waals surface area contributed by atoms with Crippen LogP contribution in [-0.4, -0.2) is 0 Å². The van der Waals surface area contributed by atoms with Crippen LogP contribution in [0.3, 0.4) is 0 Å². The summed E-state index contributed by atoms with van der Waals surface area (Å²) in [5.41, 5.74) is 11.5. The predicted molar refractivity (Wildman–Crippen MR) is 258 cm³/mol. The lowest BCUT2D eigenvalue weighted by Crippen LogP contribution is -2.10. The summed E-state index contributed by atoms with van der Waals surface area (Å²) in [5.74, 6) is 14.5. The van der Waals surface area contributed by atoms with Crippen LogP contribution in [0.25, 0.3) is 76.1 Å². The Balaban J connectivity index is 1.26. The normalized spacial score (nSPS) is 11.9. The molecule has 0 nitrogen and oxygen atoms in total. The standard InChI is InChI=1S/C60H46/c1-59(2,3)49-27-17-39(18-28-49)15-21-47-37-55(45-25-23-41-11-7-9-13-43(41)35-45)53-33-34-54-56(46-26-24-42-12-8-10-14-44(42)36-46)38-48(52-32-31-51(47)57(53)58(52)54)22-16-40-19-29-50(30-20-40)60(4,5)6/h7-14,17-20,23-38H,1-6H3. The summed E-state index contributed by atoms with van der Waals surface area (Å²) < 4.78 is 0. The molecule has 0 N–H and O–H groups in total. The molecule has 10 aromatic rings. The van der Waals surface area contributed by atoms with E-state index in [9.17, 15) is 0 Å². The van der Waals surface area contributed by atoms with Crippen molar-refractivity contribution in [2.75, 3.05) is 0 Å². The molecule has 0 fully saturated rings. The van der Waals surface area contributed by atoms with Gasteiger partial charge in [0.05, 0.1) is 0 Å². The highest BCUT2D eigenvalue weighted by atomic mass is 14.2. The monoisotopic (exact) mass is 766 g/mol. The van der Waals surface area contributed by atoms with E-state index in [1.54, 1.807) is 0 Å². The SMILES string of the molecule is CC(C)(C)c1ccc(C#Cc2cc(-c3ccc4ccccc4c3)c3ccc4c(-c5ccc6ccccc6c5)cc(C#Cc5ccc(C(C)(C)C)cc5)c5ccc2c3c54)cc1. The number of fused-ring (bicyclic) bond motifs is 2. The molecular formula is C60H46. The molecule has 10 rings (SSSR count). The Morgan fingerprint density at radius 1 is 0.317 bits per heavy atom. The molecule has 286 valence electrons. The molecule has 0 aliphatic rings. The second kappa shape index (κ2) is 14.3. The smallest absolute Gasteiger partial charge is 0.0334 e. The van der Waals surface area contributed by atoms with Crippen molar-refractivity contribution in [3.05, 3.63) is 203 Å². The lowest BCUT2D eigenvalue weighted by atomic mass is 9.83. The lowest BCUT2D eigenvalue weighted by Gasteiger charge is -2.19. The van der Waals surface area contributed by atoms with Crippen LogP contribution >= 0.6 is 0 Å². The zero-order valence-electron chi connectivity index (χ0n) is 35.2. The van der Waals surface area contributed by atoms with E-state index in [2.05, 4.69) is 235 Å². The van der Waals surface area contributed by atoms with Crippen LogP contribution in [0.5, 0.6) is 0 Å². The third-order valence-electron chi connectivity index (χ3n) is 12.2. The molecule has 10 aromatic carbocycles. The van der Waals surface area contributed by atoms with Gasteiger partial charge in [-0.3, -0.25) is 0 Å². The third kappa shape index (κ3) is 6.76. The molecule has 0 saturated heterocycles. The molecule has 0 saturated carbocycles. The third-order valence-corrected chi connectivity index (χ3v) is 12.2. The second-order valence-corrected chi connectivity index (χ2v) is 18.3. The van der Waals surface area contributed by atoms with Gasteiger partial charge in [0.2, 0.25) is 0 Å². The zero-order valence-corrected chi connectivity index (χ0v) is 35.2. The first-order valence-corrected chi connectivity index (χ1v) is 21.0. The molecule has 0 aliphatic heterocycles. The van der Waals surface area contributed by atoms with Gasteiger partial charge in [-0.1, -0.05) is 187 Å². The van der Waals surface area contributed by atoms with Crippen LogP contribution in [0.2, 0.25) is 0 Å². The van der Waals surface area contributed by atoms with Crippen LogP contribution in [0, 0.1) is 23.7 Å². The quantitative estimate of drug-likeness (QED) is 0.121. The number of benzene rings is 10. The maximum Gasteiger partial charge on any atom is 0.0334 e. The molecule has 60 heavy (non-hydrogen) atoms. The van der Waals surface area contributed by atoms with E-state index in [-0.39, 0.29) is 10.8 Å². The fraction of sp³-hybridized carbons (Fsp3) is 0.133. The Morgan fingerprint density at radius 3 is 1.07 bits per heavy atom. The van der Waals surface area contributed by atoms with E-state index < -0.39 is 0 Å². The van der Waals surface area contributed by atoms with Gasteiger partial charge in [-0.05, 0) is 147 Å². The molecule has 0 radical (unpaired) electrons. The maximum atomic E-state index is 3.69. The molecular weight excluding hydrogens is 721 g/mol. The highest BCUT2D eigenvalue weighted by Gasteiger charge is 2.20. The van der Waals surface area contributed by atoms with Crippen molar-refractivity contribution in [1.29, 1.82) is 0 Å². The minimum atomic E-state index is 0.0820. The highest BCUT2D eigenvalue weighted by Crippen LogP contribution is 2.45. The Labute approximate surface area is 353 Å². The van der Waals surface area contributed by atoms with Gasteiger partial charge in [0.15, 0.2) is 0 Å². The van der Waals surface area contributed by atoms with Crippen molar-refractivity contribution in [3.8, 4) is 45.9 Å². The lowest BCUT2D eigenvalue weighted by molar-refractivity contribution is 0.590. The van der Waals surface area contributed by atoms with E-state index in [0.29, 0.717) is 0 Å². The molecule has 0 bridgehead atoms. The van der Waals surface area contributed by atoms with E-state index in [1.165, 1.54) is 76.5 Å². The fourth-order valence-corrected chi connectivity index (χ4v) is 8.78. The van der Waals surface area contributed by atoms with E-state index in [1.807, 2.05) is 0 Å². The summed E-state index contributed by atoms with van der Waals surface area (Å²) >= 11 is 0. The van der Waals surface area contributed by atoms with E-state index in [0.717, 1.165) is 33.0 Å². The van der Waals surface area contributed by atoms with Crippen molar-refractivity contribution in [3.63, 3.8) is 0 Å². The average Bonchev–Trinajstić information content (AvgIpc) is 3.26. The van der Waals surface area contributed by atoms with Gasteiger partial charge in [-0.25, -0.2) is 0 Å². The minimum absolute atomic E-state index is 0.0820. The Morgan fingerprint density at radius 2 is 0.683 bits per heavy atom. The summed E-state index contributed by atoms with van der Waals surface area (Å²) in [6.07, 6.45) is 0. The Hall–Kier alpha value is -7.12. The van der Waals surface area contributed by atoms with Gasteiger partial charge >= 0.3 is 0 Å². The largest absolute Gasteiger partial charge is 0.0616 e. The van der Waals surface area contributed by atoms with Crippen LogP contribution in [0.15, 0.2) is 170 Å². The fourth-order valence-electron chi connectivity index (χ4n) is 8.78. The number of hydrogen-bond donors (Lipinski definition) is 0. The van der Waals surface area contributed by atoms with Crippen molar-refractivity contribution in [2.24, 2.45) is 0 Å². The summed E-state index contributed by atoms with van der Waals surface area (Å²) in [5, 5.41) is 12.1. The molecule has 0 heterocycles. The van der Waals surface area contributed by atoms with Crippen LogP contribution in [-0.2, 0) is 10.8 Å². The average molecular weight is 767 g/mol. The second-order valence-electron chi connectivity index (χ2n) is 18.3. The summed E-state index contributed by atoms with van der Waals surface area (Å²) in [7, 11) is 0. The summed E-state index contributed by atoms with van der Waals surface area (Å²) in [4.78, 5) is 0. The molecule has 0 aromatic heterocycles. The van der Waals surface area contributed by atoms with Gasteiger partial charge in [-0.2, -0.15) is 0 Å². The van der Waals surface area contributed by atoms with Crippen molar-refractivity contribution >= 4 is 53.9 Å². The van der Waals surface area contributed by atoms with Crippen LogP contribution in [0.4, 0.5) is 0 Å². The number of hydrogen-bond acceptors (Lipinski definition) is 0. The summed E-state index contributed by atoms with van der Waals surface area (Å²) in [6.45, 7) is 13.5. The first kappa shape index (κ1) is 37.2. The first-order chi connectivity index (χ1) is 29.0. The predicted octanol–water partition coefficient (Wildman–Crippen LogP) is 15.6. The van der Waals surface area contributed by atoms with Crippen molar-refractivity contribution < 1.29 is 0 Å². The first-order valence-electron chi connectivity index (χ1n) is 21.0. The zero-order chi connectivity index (χ0) is 41.2. The van der Waals surface area contributed by atoms with Crippen molar-refractivity contribution in [2.45, 2.75) is 52.4 Å². The van der Waals surface area contributed by atoms with Gasteiger partial charge in [0.25, 0.3) is 0 Å². The summed E-state index contributed by atoms with van der Waals surface area (Å²) in [6, 6.07) is 62.2. The van der Waals surface area contributed by atoms with E-state index in [4.69, 9.17) is 0 Å². The van der Waals surface area contributed by atoms with Crippen LogP contribution in [0.1, 0.15) is 74.9 Å². The molecule has 0 heteroatoms. The molecule has 0 atom stereocenters. The van der Waals surface area contributed by atoms with Crippen LogP contribution < -0.4 is 0 Å². The van der Waals surface area contributed by atoms with Gasteiger partial charge < -0.3 is 0 Å². The highest BCUT2D eigenvalue weighted by molar-refractivity contribution is 6.29. The molecule has 0 aliphatic carbocycles. The van der Waals surface area contributed by atoms with Gasteiger partial charge in [-0.15, -0.1) is 0 Å². The van der Waals surface area contributed by atoms with Gasteiger partial charge in [0.1, 0.15) is 0 Å². The molecule has 0 unspecified atom stereocenters. The maximum absolute atomic E-state index is 3.69.